The van der Waals surface area contributed by atoms with Crippen molar-refractivity contribution >= 4 is 23.1 Å². The minimum atomic E-state index is 0.531. The van der Waals surface area contributed by atoms with Gasteiger partial charge in [0.1, 0.15) is 11.6 Å². The third kappa shape index (κ3) is 4.38. The number of thioether (sulfide) groups is 1. The molecular weight excluding hydrogens is 374 g/mol. The maximum atomic E-state index is 5.50. The van der Waals surface area contributed by atoms with Gasteiger partial charge in [0.25, 0.3) is 0 Å². The minimum absolute atomic E-state index is 0.531. The summed E-state index contributed by atoms with van der Waals surface area (Å²) in [5.74, 6) is 2.88. The van der Waals surface area contributed by atoms with Crippen LogP contribution in [-0.4, -0.2) is 21.9 Å². The number of benzene rings is 1. The zero-order valence-electron chi connectivity index (χ0n) is 15.6. The van der Waals surface area contributed by atoms with Gasteiger partial charge < -0.3 is 9.30 Å². The average molecular weight is 400 g/mol. The lowest BCUT2D eigenvalue weighted by molar-refractivity contribution is 0.330. The molecule has 1 aromatic carbocycles. The van der Waals surface area contributed by atoms with E-state index in [0.717, 1.165) is 28.9 Å². The molecule has 0 unspecified atom stereocenters. The SMILES string of the molecule is COc1ccccc1CSc1nnc(Cc2cccs2)n1C1CCCCC1. The number of para-hydroxylation sites is 1. The quantitative estimate of drug-likeness (QED) is 0.475. The number of methoxy groups -OCH3 is 1. The molecule has 0 atom stereocenters. The number of hydrogen-bond acceptors (Lipinski definition) is 5. The first-order valence-electron chi connectivity index (χ1n) is 9.56. The lowest BCUT2D eigenvalue weighted by atomic mass is 9.95. The van der Waals surface area contributed by atoms with Gasteiger partial charge in [0, 0.05) is 28.7 Å². The van der Waals surface area contributed by atoms with Gasteiger partial charge in [-0.15, -0.1) is 21.5 Å². The molecule has 0 saturated heterocycles. The number of hydrogen-bond donors (Lipinski definition) is 0. The first-order chi connectivity index (χ1) is 13.3. The van der Waals surface area contributed by atoms with Crippen LogP contribution in [0.25, 0.3) is 0 Å². The molecule has 142 valence electrons. The first kappa shape index (κ1) is 18.6. The van der Waals surface area contributed by atoms with Crippen LogP contribution in [0, 0.1) is 0 Å². The Morgan fingerprint density at radius 1 is 1.11 bits per heavy atom. The van der Waals surface area contributed by atoms with Gasteiger partial charge in [-0.2, -0.15) is 0 Å². The van der Waals surface area contributed by atoms with Gasteiger partial charge in [-0.1, -0.05) is 55.3 Å². The molecule has 2 aromatic heterocycles. The molecule has 0 radical (unpaired) electrons. The van der Waals surface area contributed by atoms with Crippen LogP contribution >= 0.6 is 23.1 Å². The van der Waals surface area contributed by atoms with Crippen LogP contribution in [0.2, 0.25) is 0 Å². The molecule has 1 saturated carbocycles. The summed E-state index contributed by atoms with van der Waals surface area (Å²) in [6.45, 7) is 0. The third-order valence-electron chi connectivity index (χ3n) is 5.14. The number of ether oxygens (including phenoxy) is 1. The molecule has 0 N–H and O–H groups in total. The van der Waals surface area contributed by atoms with Gasteiger partial charge in [0.2, 0.25) is 0 Å². The molecule has 0 bridgehead atoms. The van der Waals surface area contributed by atoms with Crippen molar-refractivity contribution < 1.29 is 4.74 Å². The van der Waals surface area contributed by atoms with Crippen LogP contribution in [0.3, 0.4) is 0 Å². The Bertz CT molecular complexity index is 854. The van der Waals surface area contributed by atoms with Crippen molar-refractivity contribution in [1.82, 2.24) is 14.8 Å². The maximum absolute atomic E-state index is 5.50. The van der Waals surface area contributed by atoms with Crippen molar-refractivity contribution in [2.75, 3.05) is 7.11 Å². The van der Waals surface area contributed by atoms with E-state index in [1.807, 2.05) is 12.1 Å². The predicted octanol–water partition coefficient (Wildman–Crippen LogP) is 5.74. The van der Waals surface area contributed by atoms with Crippen LogP contribution in [-0.2, 0) is 12.2 Å². The lowest BCUT2D eigenvalue weighted by Gasteiger charge is -2.25. The maximum Gasteiger partial charge on any atom is 0.191 e. The highest BCUT2D eigenvalue weighted by Crippen LogP contribution is 2.35. The minimum Gasteiger partial charge on any atom is -0.496 e. The van der Waals surface area contributed by atoms with Crippen LogP contribution in [0.4, 0.5) is 0 Å². The zero-order chi connectivity index (χ0) is 18.5. The van der Waals surface area contributed by atoms with Gasteiger partial charge in [-0.25, -0.2) is 0 Å². The Balaban J connectivity index is 1.58. The Kier molecular flexibility index (Phi) is 6.14. The van der Waals surface area contributed by atoms with Gasteiger partial charge in [0.05, 0.1) is 7.11 Å². The lowest BCUT2D eigenvalue weighted by Crippen LogP contribution is -2.16. The number of aromatic nitrogens is 3. The van der Waals surface area contributed by atoms with Crippen molar-refractivity contribution in [1.29, 1.82) is 0 Å². The monoisotopic (exact) mass is 399 g/mol. The molecule has 1 fully saturated rings. The van der Waals surface area contributed by atoms with Crippen molar-refractivity contribution in [2.45, 2.75) is 55.5 Å². The second-order valence-corrected chi connectivity index (χ2v) is 8.89. The molecule has 27 heavy (non-hydrogen) atoms. The Morgan fingerprint density at radius 3 is 2.74 bits per heavy atom. The second-order valence-electron chi connectivity index (χ2n) is 6.92. The number of thiophene rings is 1. The first-order valence-corrected chi connectivity index (χ1v) is 11.4. The van der Waals surface area contributed by atoms with E-state index in [4.69, 9.17) is 4.74 Å². The molecule has 0 amide bonds. The number of nitrogens with zero attached hydrogens (tertiary/aromatic N) is 3. The van der Waals surface area contributed by atoms with E-state index < -0.39 is 0 Å². The van der Waals surface area contributed by atoms with E-state index in [1.54, 1.807) is 30.2 Å². The fourth-order valence-corrected chi connectivity index (χ4v) is 5.48. The molecule has 2 heterocycles. The van der Waals surface area contributed by atoms with E-state index in [9.17, 15) is 0 Å². The largest absolute Gasteiger partial charge is 0.496 e. The van der Waals surface area contributed by atoms with Crippen molar-refractivity contribution in [2.24, 2.45) is 0 Å². The summed E-state index contributed by atoms with van der Waals surface area (Å²) in [5, 5.41) is 12.3. The molecule has 1 aliphatic carbocycles. The highest BCUT2D eigenvalue weighted by molar-refractivity contribution is 7.98. The van der Waals surface area contributed by atoms with Crippen molar-refractivity contribution in [3.63, 3.8) is 0 Å². The fourth-order valence-electron chi connectivity index (χ4n) is 3.77. The molecule has 4 rings (SSSR count). The Morgan fingerprint density at radius 2 is 1.96 bits per heavy atom. The second kappa shape index (κ2) is 8.93. The highest BCUT2D eigenvalue weighted by Gasteiger charge is 2.23. The topological polar surface area (TPSA) is 39.9 Å². The van der Waals surface area contributed by atoms with Gasteiger partial charge in [-0.3, -0.25) is 0 Å². The van der Waals surface area contributed by atoms with Crippen LogP contribution in [0.15, 0.2) is 46.9 Å². The smallest absolute Gasteiger partial charge is 0.191 e. The molecule has 6 heteroatoms. The molecule has 0 aliphatic heterocycles. The van der Waals surface area contributed by atoms with E-state index in [1.165, 1.54) is 42.5 Å². The Labute approximate surface area is 169 Å². The summed E-state index contributed by atoms with van der Waals surface area (Å²) in [6.07, 6.45) is 7.30. The van der Waals surface area contributed by atoms with Crippen molar-refractivity contribution in [3.05, 3.63) is 58.0 Å². The van der Waals surface area contributed by atoms with Crippen LogP contribution < -0.4 is 4.74 Å². The van der Waals surface area contributed by atoms with Crippen molar-refractivity contribution in [3.8, 4) is 5.75 Å². The van der Waals surface area contributed by atoms with E-state index in [-0.39, 0.29) is 0 Å². The summed E-state index contributed by atoms with van der Waals surface area (Å²) in [4.78, 5) is 1.35. The number of rotatable bonds is 7. The molecule has 1 aliphatic rings. The molecule has 0 spiro atoms. The summed E-state index contributed by atoms with van der Waals surface area (Å²) >= 11 is 3.56. The van der Waals surface area contributed by atoms with E-state index in [2.05, 4.69) is 44.4 Å². The Hall–Kier alpha value is -1.79. The average Bonchev–Trinajstić information content (AvgIpc) is 3.37. The summed E-state index contributed by atoms with van der Waals surface area (Å²) in [5.41, 5.74) is 1.20. The van der Waals surface area contributed by atoms with Crippen LogP contribution in [0.1, 0.15) is 54.4 Å². The normalized spacial score (nSPS) is 15.1. The van der Waals surface area contributed by atoms with E-state index in [0.29, 0.717) is 6.04 Å². The molecule has 4 nitrogen and oxygen atoms in total. The molecular formula is C21H25N3OS2. The highest BCUT2D eigenvalue weighted by atomic mass is 32.2. The van der Waals surface area contributed by atoms with Crippen LogP contribution in [0.5, 0.6) is 5.75 Å². The zero-order valence-corrected chi connectivity index (χ0v) is 17.3. The standard InChI is InChI=1S/C21H25N3OS2/c1-25-19-12-6-5-8-16(19)15-27-21-23-22-20(14-18-11-7-13-26-18)24(21)17-9-3-2-4-10-17/h5-8,11-13,17H,2-4,9-10,14-15H2,1H3. The molecule has 3 aromatic rings. The predicted molar refractivity (Wildman–Crippen MR) is 112 cm³/mol. The van der Waals surface area contributed by atoms with Gasteiger partial charge in [0.15, 0.2) is 5.16 Å². The summed E-state index contributed by atoms with van der Waals surface area (Å²) in [6, 6.07) is 13.0. The fraction of sp³-hybridized carbons (Fsp3) is 0.429. The van der Waals surface area contributed by atoms with E-state index >= 15 is 0 Å². The summed E-state index contributed by atoms with van der Waals surface area (Å²) in [7, 11) is 1.73. The van der Waals surface area contributed by atoms with Gasteiger partial charge in [-0.05, 0) is 30.4 Å². The third-order valence-corrected chi connectivity index (χ3v) is 7.00. The van der Waals surface area contributed by atoms with Gasteiger partial charge >= 0.3 is 0 Å². The summed E-state index contributed by atoms with van der Waals surface area (Å²) < 4.78 is 7.93.